The van der Waals surface area contributed by atoms with Gasteiger partial charge in [-0.05, 0) is 24.7 Å². The van der Waals surface area contributed by atoms with Crippen LogP contribution in [0.3, 0.4) is 0 Å². The summed E-state index contributed by atoms with van der Waals surface area (Å²) < 4.78 is 0. The summed E-state index contributed by atoms with van der Waals surface area (Å²) in [5, 5.41) is 0. The Morgan fingerprint density at radius 1 is 1.36 bits per heavy atom. The van der Waals surface area contributed by atoms with E-state index in [0.717, 1.165) is 37.0 Å². The third-order valence-corrected chi connectivity index (χ3v) is 3.29. The van der Waals surface area contributed by atoms with Crippen LogP contribution in [0.1, 0.15) is 46.5 Å². The molecule has 3 atom stereocenters. The third-order valence-electron chi connectivity index (χ3n) is 3.29. The second kappa shape index (κ2) is 5.77. The van der Waals surface area contributed by atoms with Crippen LogP contribution in [0.4, 0.5) is 0 Å². The SMILES string of the molecule is CC#CCC(CC)C1CC#CCC1C. The predicted octanol–water partition coefficient (Wildman–Crippen LogP) is 3.48. The molecule has 0 heterocycles. The molecule has 0 N–H and O–H groups in total. The quantitative estimate of drug-likeness (QED) is 0.595. The van der Waals surface area contributed by atoms with Crippen molar-refractivity contribution in [2.75, 3.05) is 0 Å². The highest BCUT2D eigenvalue weighted by molar-refractivity contribution is 5.08. The van der Waals surface area contributed by atoms with E-state index in [4.69, 9.17) is 0 Å². The van der Waals surface area contributed by atoms with Crippen molar-refractivity contribution in [2.24, 2.45) is 17.8 Å². The lowest BCUT2D eigenvalue weighted by Gasteiger charge is -2.29. The lowest BCUT2D eigenvalue weighted by Crippen LogP contribution is -2.22. The summed E-state index contributed by atoms with van der Waals surface area (Å²) >= 11 is 0. The summed E-state index contributed by atoms with van der Waals surface area (Å²) in [5.41, 5.74) is 0. The Morgan fingerprint density at radius 3 is 2.64 bits per heavy atom. The molecule has 0 saturated carbocycles. The highest BCUT2D eigenvalue weighted by Crippen LogP contribution is 2.32. The van der Waals surface area contributed by atoms with Crippen molar-refractivity contribution in [1.82, 2.24) is 0 Å². The van der Waals surface area contributed by atoms with E-state index >= 15 is 0 Å². The van der Waals surface area contributed by atoms with Gasteiger partial charge in [-0.15, -0.1) is 23.7 Å². The summed E-state index contributed by atoms with van der Waals surface area (Å²) in [7, 11) is 0. The van der Waals surface area contributed by atoms with Crippen molar-refractivity contribution < 1.29 is 0 Å². The standard InChI is InChI=1S/C14H20/c1-4-6-10-13(5-2)14-11-8-7-9-12(14)3/h12-14H,5,9-11H2,1-3H3. The Balaban J connectivity index is 2.58. The second-order valence-corrected chi connectivity index (χ2v) is 4.20. The van der Waals surface area contributed by atoms with Gasteiger partial charge in [0.15, 0.2) is 0 Å². The number of rotatable bonds is 3. The van der Waals surface area contributed by atoms with E-state index in [2.05, 4.69) is 37.5 Å². The fraction of sp³-hybridized carbons (Fsp3) is 0.714. The van der Waals surface area contributed by atoms with Gasteiger partial charge in [0.2, 0.25) is 0 Å². The van der Waals surface area contributed by atoms with Crippen LogP contribution in [0.15, 0.2) is 0 Å². The third kappa shape index (κ3) is 2.81. The van der Waals surface area contributed by atoms with E-state index in [1.54, 1.807) is 0 Å². The normalized spacial score (nSPS) is 26.8. The zero-order valence-electron chi connectivity index (χ0n) is 9.56. The molecule has 3 unspecified atom stereocenters. The van der Waals surface area contributed by atoms with E-state index in [1.165, 1.54) is 6.42 Å². The maximum Gasteiger partial charge on any atom is 0.0123 e. The zero-order valence-corrected chi connectivity index (χ0v) is 9.56. The Labute approximate surface area is 88.5 Å². The summed E-state index contributed by atoms with van der Waals surface area (Å²) in [5.74, 6) is 15.0. The molecule has 0 heteroatoms. The van der Waals surface area contributed by atoms with Gasteiger partial charge < -0.3 is 0 Å². The largest absolute Gasteiger partial charge is 0.107 e. The van der Waals surface area contributed by atoms with Gasteiger partial charge in [0.25, 0.3) is 0 Å². The Morgan fingerprint density at radius 2 is 2.07 bits per heavy atom. The molecule has 0 aromatic rings. The maximum atomic E-state index is 3.26. The molecule has 1 aliphatic carbocycles. The molecule has 0 nitrogen and oxygen atoms in total. The van der Waals surface area contributed by atoms with E-state index in [-0.39, 0.29) is 0 Å². The van der Waals surface area contributed by atoms with Crippen LogP contribution in [0, 0.1) is 41.4 Å². The first-order chi connectivity index (χ1) is 6.79. The van der Waals surface area contributed by atoms with Crippen molar-refractivity contribution in [3.8, 4) is 23.7 Å². The van der Waals surface area contributed by atoms with Crippen molar-refractivity contribution >= 4 is 0 Å². The van der Waals surface area contributed by atoms with Crippen LogP contribution in [0.2, 0.25) is 0 Å². The fourth-order valence-electron chi connectivity index (χ4n) is 2.24. The molecule has 76 valence electrons. The van der Waals surface area contributed by atoms with Gasteiger partial charge in [0.05, 0.1) is 0 Å². The fourth-order valence-corrected chi connectivity index (χ4v) is 2.24. The van der Waals surface area contributed by atoms with Crippen molar-refractivity contribution in [2.45, 2.75) is 46.5 Å². The van der Waals surface area contributed by atoms with Gasteiger partial charge in [-0.3, -0.25) is 0 Å². The molecule has 0 bridgehead atoms. The van der Waals surface area contributed by atoms with Crippen LogP contribution in [0.5, 0.6) is 0 Å². The molecule has 0 aromatic carbocycles. The van der Waals surface area contributed by atoms with Crippen LogP contribution < -0.4 is 0 Å². The summed E-state index contributed by atoms with van der Waals surface area (Å²) in [6.07, 6.45) is 4.47. The molecule has 1 aliphatic rings. The van der Waals surface area contributed by atoms with Crippen molar-refractivity contribution in [1.29, 1.82) is 0 Å². The molecule has 0 spiro atoms. The molecule has 0 fully saturated rings. The van der Waals surface area contributed by atoms with E-state index in [9.17, 15) is 0 Å². The molecule has 0 radical (unpaired) electrons. The van der Waals surface area contributed by atoms with E-state index in [1.807, 2.05) is 6.92 Å². The van der Waals surface area contributed by atoms with E-state index in [0.29, 0.717) is 0 Å². The van der Waals surface area contributed by atoms with Crippen LogP contribution >= 0.6 is 0 Å². The van der Waals surface area contributed by atoms with Crippen LogP contribution in [-0.4, -0.2) is 0 Å². The van der Waals surface area contributed by atoms with Gasteiger partial charge >= 0.3 is 0 Å². The highest BCUT2D eigenvalue weighted by atomic mass is 14.3. The van der Waals surface area contributed by atoms with Crippen LogP contribution in [-0.2, 0) is 0 Å². The second-order valence-electron chi connectivity index (χ2n) is 4.20. The van der Waals surface area contributed by atoms with Crippen LogP contribution in [0.25, 0.3) is 0 Å². The molecule has 0 aliphatic heterocycles. The van der Waals surface area contributed by atoms with Gasteiger partial charge in [0.1, 0.15) is 0 Å². The molecule has 1 rings (SSSR count). The average Bonchev–Trinajstić information content (AvgIpc) is 2.21. The van der Waals surface area contributed by atoms with Crippen molar-refractivity contribution in [3.05, 3.63) is 0 Å². The molecule has 0 saturated heterocycles. The maximum absolute atomic E-state index is 3.26. The first-order valence-corrected chi connectivity index (χ1v) is 5.64. The lowest BCUT2D eigenvalue weighted by molar-refractivity contribution is 0.238. The molecule has 0 aromatic heterocycles. The topological polar surface area (TPSA) is 0 Å². The first-order valence-electron chi connectivity index (χ1n) is 5.64. The summed E-state index contributed by atoms with van der Waals surface area (Å²) in [4.78, 5) is 0. The Bertz CT molecular complexity index is 279. The van der Waals surface area contributed by atoms with Crippen molar-refractivity contribution in [3.63, 3.8) is 0 Å². The average molecular weight is 188 g/mol. The minimum absolute atomic E-state index is 0.757. The first kappa shape index (κ1) is 11.2. The molecular weight excluding hydrogens is 168 g/mol. The van der Waals surface area contributed by atoms with Gasteiger partial charge in [-0.25, -0.2) is 0 Å². The Hall–Kier alpha value is -0.880. The van der Waals surface area contributed by atoms with E-state index < -0.39 is 0 Å². The monoisotopic (exact) mass is 188 g/mol. The molecular formula is C14H20. The number of hydrogen-bond donors (Lipinski definition) is 0. The predicted molar refractivity (Wildman–Crippen MR) is 61.5 cm³/mol. The lowest BCUT2D eigenvalue weighted by atomic mass is 9.74. The summed E-state index contributed by atoms with van der Waals surface area (Å²) in [6, 6.07) is 0. The summed E-state index contributed by atoms with van der Waals surface area (Å²) in [6.45, 7) is 6.54. The number of hydrogen-bond acceptors (Lipinski definition) is 0. The Kier molecular flexibility index (Phi) is 4.61. The van der Waals surface area contributed by atoms with Gasteiger partial charge in [-0.2, -0.15) is 0 Å². The minimum Gasteiger partial charge on any atom is -0.107 e. The molecule has 0 amide bonds. The highest BCUT2D eigenvalue weighted by Gasteiger charge is 2.25. The zero-order chi connectivity index (χ0) is 10.4. The van der Waals surface area contributed by atoms with Gasteiger partial charge in [-0.1, -0.05) is 20.3 Å². The van der Waals surface area contributed by atoms with Gasteiger partial charge in [0, 0.05) is 19.3 Å². The minimum atomic E-state index is 0.757. The molecule has 14 heavy (non-hydrogen) atoms. The smallest absolute Gasteiger partial charge is 0.0123 e.